The highest BCUT2D eigenvalue weighted by molar-refractivity contribution is 5.40. The Hall–Kier alpha value is -1.95. The third-order valence-electron chi connectivity index (χ3n) is 4.62. The van der Waals surface area contributed by atoms with E-state index >= 15 is 0 Å². The lowest BCUT2D eigenvalue weighted by Crippen LogP contribution is -2.41. The summed E-state index contributed by atoms with van der Waals surface area (Å²) in [5.41, 5.74) is 3.28. The van der Waals surface area contributed by atoms with E-state index in [2.05, 4.69) is 47.2 Å². The van der Waals surface area contributed by atoms with E-state index in [-0.39, 0.29) is 18.8 Å². The molecule has 0 amide bonds. The number of aliphatic hydroxyl groups excluding tert-OH is 1. The number of ether oxygens (including phenoxy) is 1. The Bertz CT molecular complexity index is 675. The molecule has 1 aromatic heterocycles. The maximum absolute atomic E-state index is 9.26. The van der Waals surface area contributed by atoms with Gasteiger partial charge in [0.2, 0.25) is 0 Å². The third kappa shape index (κ3) is 4.78. The van der Waals surface area contributed by atoms with Gasteiger partial charge in [0.25, 0.3) is 0 Å². The van der Waals surface area contributed by atoms with Gasteiger partial charge < -0.3 is 20.1 Å². The number of aromatic nitrogens is 1. The molecule has 5 heteroatoms. The number of nitrogens with zero attached hydrogens (tertiary/aromatic N) is 2. The highest BCUT2D eigenvalue weighted by Crippen LogP contribution is 2.17. The molecule has 0 bridgehead atoms. The van der Waals surface area contributed by atoms with Gasteiger partial charge in [-0.2, -0.15) is 0 Å². The van der Waals surface area contributed by atoms with Crippen molar-refractivity contribution in [3.05, 3.63) is 59.3 Å². The lowest BCUT2D eigenvalue weighted by Gasteiger charge is -2.32. The number of hydrogen-bond donors (Lipinski definition) is 2. The molecule has 1 saturated heterocycles. The van der Waals surface area contributed by atoms with Gasteiger partial charge >= 0.3 is 0 Å². The van der Waals surface area contributed by atoms with Crippen LogP contribution in [-0.4, -0.2) is 35.9 Å². The van der Waals surface area contributed by atoms with Crippen LogP contribution in [-0.2, 0) is 17.9 Å². The fourth-order valence-electron chi connectivity index (χ4n) is 3.08. The van der Waals surface area contributed by atoms with Gasteiger partial charge in [0.15, 0.2) is 0 Å². The van der Waals surface area contributed by atoms with Crippen molar-refractivity contribution in [2.24, 2.45) is 0 Å². The SMILES string of the molecule is CC1CN(c2ccc(CNC(C)c3cccc(CO)c3)cn2)CCO1. The number of nitrogens with one attached hydrogen (secondary N) is 1. The Labute approximate surface area is 149 Å². The smallest absolute Gasteiger partial charge is 0.128 e. The number of hydrogen-bond acceptors (Lipinski definition) is 5. The monoisotopic (exact) mass is 341 g/mol. The summed E-state index contributed by atoms with van der Waals surface area (Å²) in [4.78, 5) is 6.88. The first-order valence-corrected chi connectivity index (χ1v) is 8.90. The van der Waals surface area contributed by atoms with Crippen molar-refractivity contribution in [2.75, 3.05) is 24.6 Å². The second-order valence-electron chi connectivity index (χ2n) is 6.66. The van der Waals surface area contributed by atoms with Gasteiger partial charge in [0, 0.05) is 31.9 Å². The van der Waals surface area contributed by atoms with Crippen LogP contribution in [0.5, 0.6) is 0 Å². The van der Waals surface area contributed by atoms with E-state index in [1.54, 1.807) is 0 Å². The van der Waals surface area contributed by atoms with E-state index in [0.29, 0.717) is 0 Å². The number of rotatable bonds is 6. The molecule has 1 aliphatic heterocycles. The van der Waals surface area contributed by atoms with Crippen LogP contribution in [0.3, 0.4) is 0 Å². The highest BCUT2D eigenvalue weighted by atomic mass is 16.5. The molecule has 0 spiro atoms. The molecule has 1 aromatic carbocycles. The molecule has 2 unspecified atom stereocenters. The fraction of sp³-hybridized carbons (Fsp3) is 0.450. The van der Waals surface area contributed by atoms with Gasteiger partial charge in [-0.05, 0) is 36.6 Å². The normalized spacial score (nSPS) is 19.0. The average molecular weight is 341 g/mol. The third-order valence-corrected chi connectivity index (χ3v) is 4.62. The number of aliphatic hydroxyl groups is 1. The standard InChI is InChI=1S/C20H27N3O2/c1-15-13-23(8-9-25-15)20-7-6-18(12-22-20)11-21-16(2)19-5-3-4-17(10-19)14-24/h3-7,10,12,15-16,21,24H,8-9,11,13-14H2,1-2H3. The number of anilines is 1. The maximum atomic E-state index is 9.26. The minimum absolute atomic E-state index is 0.0755. The second kappa shape index (κ2) is 8.43. The van der Waals surface area contributed by atoms with E-state index in [9.17, 15) is 5.11 Å². The Balaban J connectivity index is 1.56. The lowest BCUT2D eigenvalue weighted by atomic mass is 10.1. The molecule has 2 atom stereocenters. The first-order valence-electron chi connectivity index (χ1n) is 8.90. The van der Waals surface area contributed by atoms with Crippen molar-refractivity contribution in [1.29, 1.82) is 0 Å². The number of morpholine rings is 1. The molecular weight excluding hydrogens is 314 g/mol. The van der Waals surface area contributed by atoms with E-state index < -0.39 is 0 Å². The van der Waals surface area contributed by atoms with E-state index in [1.807, 2.05) is 24.4 Å². The molecule has 25 heavy (non-hydrogen) atoms. The van der Waals surface area contributed by atoms with Crippen LogP contribution in [0.15, 0.2) is 42.6 Å². The minimum atomic E-state index is 0.0755. The molecule has 2 N–H and O–H groups in total. The van der Waals surface area contributed by atoms with Crippen molar-refractivity contribution >= 4 is 5.82 Å². The summed E-state index contributed by atoms with van der Waals surface area (Å²) in [7, 11) is 0. The summed E-state index contributed by atoms with van der Waals surface area (Å²) in [6, 6.07) is 12.5. The molecule has 0 radical (unpaired) electrons. The average Bonchev–Trinajstić information content (AvgIpc) is 2.66. The molecule has 2 aromatic rings. The second-order valence-corrected chi connectivity index (χ2v) is 6.66. The Morgan fingerprint density at radius 1 is 1.32 bits per heavy atom. The maximum Gasteiger partial charge on any atom is 0.128 e. The van der Waals surface area contributed by atoms with E-state index in [4.69, 9.17) is 4.74 Å². The van der Waals surface area contributed by atoms with Crippen molar-refractivity contribution in [3.63, 3.8) is 0 Å². The fourth-order valence-corrected chi connectivity index (χ4v) is 3.08. The van der Waals surface area contributed by atoms with Crippen molar-refractivity contribution in [2.45, 2.75) is 39.1 Å². The Morgan fingerprint density at radius 3 is 2.92 bits per heavy atom. The molecule has 134 valence electrons. The number of pyridine rings is 1. The zero-order valence-corrected chi connectivity index (χ0v) is 15.0. The van der Waals surface area contributed by atoms with E-state index in [0.717, 1.165) is 43.2 Å². The summed E-state index contributed by atoms with van der Waals surface area (Å²) in [6.07, 6.45) is 2.20. The summed E-state index contributed by atoms with van der Waals surface area (Å²) in [5.74, 6) is 1.02. The number of benzene rings is 1. The van der Waals surface area contributed by atoms with Gasteiger partial charge in [-0.25, -0.2) is 4.98 Å². The molecule has 3 rings (SSSR count). The summed E-state index contributed by atoms with van der Waals surface area (Å²) in [5, 5.41) is 12.8. The Morgan fingerprint density at radius 2 is 2.20 bits per heavy atom. The van der Waals surface area contributed by atoms with Crippen molar-refractivity contribution in [1.82, 2.24) is 10.3 Å². The van der Waals surface area contributed by atoms with Crippen molar-refractivity contribution < 1.29 is 9.84 Å². The lowest BCUT2D eigenvalue weighted by molar-refractivity contribution is 0.0529. The van der Waals surface area contributed by atoms with Gasteiger partial charge in [-0.1, -0.05) is 30.3 Å². The van der Waals surface area contributed by atoms with Crippen LogP contribution in [0.1, 0.15) is 36.6 Å². The predicted molar refractivity (Wildman–Crippen MR) is 99.5 cm³/mol. The topological polar surface area (TPSA) is 57.6 Å². The molecule has 1 aliphatic rings. The van der Waals surface area contributed by atoms with Crippen LogP contribution in [0.4, 0.5) is 5.82 Å². The molecular formula is C20H27N3O2. The molecule has 0 aliphatic carbocycles. The first-order chi connectivity index (χ1) is 12.2. The summed E-state index contributed by atoms with van der Waals surface area (Å²) in [6.45, 7) is 7.61. The predicted octanol–water partition coefficient (Wildman–Crippen LogP) is 2.65. The van der Waals surface area contributed by atoms with E-state index in [1.165, 1.54) is 5.56 Å². The molecule has 1 fully saturated rings. The minimum Gasteiger partial charge on any atom is -0.392 e. The zero-order valence-electron chi connectivity index (χ0n) is 15.0. The summed E-state index contributed by atoms with van der Waals surface area (Å²) < 4.78 is 5.58. The van der Waals surface area contributed by atoms with Gasteiger partial charge in [0.05, 0.1) is 19.3 Å². The van der Waals surface area contributed by atoms with Gasteiger partial charge in [-0.15, -0.1) is 0 Å². The molecule has 2 heterocycles. The molecule has 5 nitrogen and oxygen atoms in total. The quantitative estimate of drug-likeness (QED) is 0.846. The highest BCUT2D eigenvalue weighted by Gasteiger charge is 2.17. The van der Waals surface area contributed by atoms with Crippen LogP contribution in [0.2, 0.25) is 0 Å². The van der Waals surface area contributed by atoms with Gasteiger partial charge in [-0.3, -0.25) is 0 Å². The van der Waals surface area contributed by atoms with Crippen LogP contribution in [0.25, 0.3) is 0 Å². The Kier molecular flexibility index (Phi) is 6.02. The van der Waals surface area contributed by atoms with Crippen LogP contribution in [0, 0.1) is 0 Å². The van der Waals surface area contributed by atoms with Crippen LogP contribution < -0.4 is 10.2 Å². The largest absolute Gasteiger partial charge is 0.392 e. The zero-order chi connectivity index (χ0) is 17.6. The first kappa shape index (κ1) is 17.9. The van der Waals surface area contributed by atoms with Gasteiger partial charge in [0.1, 0.15) is 5.82 Å². The van der Waals surface area contributed by atoms with Crippen molar-refractivity contribution in [3.8, 4) is 0 Å². The van der Waals surface area contributed by atoms with Crippen LogP contribution >= 0.6 is 0 Å². The molecule has 0 saturated carbocycles. The summed E-state index contributed by atoms with van der Waals surface area (Å²) >= 11 is 0.